The SMILES string of the molecule is CC(C)(C)c1ccc(C(Cc2ccc(C(=O)NCC(O)C(=O)O)cc2)c2cc(-c3cccc(-c4ccc(Cl)cc4)c3)on2)cc1. The molecule has 4 aromatic carbocycles. The zero-order valence-corrected chi connectivity index (χ0v) is 26.1. The maximum atomic E-state index is 12.5. The number of rotatable bonds is 10. The highest BCUT2D eigenvalue weighted by Gasteiger charge is 2.22. The fraction of sp³-hybridized carbons (Fsp3) is 0.216. The smallest absolute Gasteiger partial charge is 0.334 e. The van der Waals surface area contributed by atoms with Gasteiger partial charge < -0.3 is 20.1 Å². The fourth-order valence-electron chi connectivity index (χ4n) is 5.10. The predicted octanol–water partition coefficient (Wildman–Crippen LogP) is 7.51. The van der Waals surface area contributed by atoms with Crippen molar-refractivity contribution in [3.8, 4) is 22.5 Å². The first-order valence-electron chi connectivity index (χ1n) is 14.7. The lowest BCUT2D eigenvalue weighted by atomic mass is 9.83. The third-order valence-corrected chi connectivity index (χ3v) is 8.04. The van der Waals surface area contributed by atoms with Crippen LogP contribution in [0.5, 0.6) is 0 Å². The first-order chi connectivity index (χ1) is 21.5. The van der Waals surface area contributed by atoms with E-state index in [-0.39, 0.29) is 17.9 Å². The summed E-state index contributed by atoms with van der Waals surface area (Å²) in [6, 6.07) is 33.5. The number of hydrogen-bond acceptors (Lipinski definition) is 5. The van der Waals surface area contributed by atoms with E-state index in [1.54, 1.807) is 12.1 Å². The zero-order valence-electron chi connectivity index (χ0n) is 25.3. The van der Waals surface area contributed by atoms with Crippen molar-refractivity contribution in [2.45, 2.75) is 44.6 Å². The van der Waals surface area contributed by atoms with E-state index in [9.17, 15) is 14.7 Å². The number of nitrogens with zero attached hydrogens (tertiary/aromatic N) is 1. The lowest BCUT2D eigenvalue weighted by molar-refractivity contribution is -0.146. The van der Waals surface area contributed by atoms with Crippen molar-refractivity contribution >= 4 is 23.5 Å². The number of aliphatic hydroxyl groups is 1. The number of aliphatic carboxylic acids is 1. The van der Waals surface area contributed by atoms with Crippen LogP contribution in [0.4, 0.5) is 0 Å². The van der Waals surface area contributed by atoms with Crippen LogP contribution >= 0.6 is 11.6 Å². The molecule has 7 nitrogen and oxygen atoms in total. The zero-order chi connectivity index (χ0) is 32.1. The molecule has 0 saturated heterocycles. The number of amides is 1. The van der Waals surface area contributed by atoms with E-state index >= 15 is 0 Å². The van der Waals surface area contributed by atoms with E-state index in [1.165, 1.54) is 5.56 Å². The number of carbonyl (C=O) groups is 2. The number of carboxylic acid groups (broad SMARTS) is 1. The first-order valence-corrected chi connectivity index (χ1v) is 15.1. The Hall–Kier alpha value is -4.72. The Morgan fingerprint density at radius 1 is 0.867 bits per heavy atom. The van der Waals surface area contributed by atoms with Crippen LogP contribution in [0.25, 0.3) is 22.5 Å². The molecule has 5 rings (SSSR count). The fourth-order valence-corrected chi connectivity index (χ4v) is 5.22. The number of carbonyl (C=O) groups excluding carboxylic acids is 1. The highest BCUT2D eigenvalue weighted by Crippen LogP contribution is 2.34. The summed E-state index contributed by atoms with van der Waals surface area (Å²) < 4.78 is 5.91. The van der Waals surface area contributed by atoms with E-state index < -0.39 is 18.0 Å². The monoisotopic (exact) mass is 622 g/mol. The van der Waals surface area contributed by atoms with Crippen LogP contribution in [0, 0.1) is 0 Å². The first kappa shape index (κ1) is 31.7. The van der Waals surface area contributed by atoms with Crippen LogP contribution in [0.3, 0.4) is 0 Å². The van der Waals surface area contributed by atoms with Crippen molar-refractivity contribution in [3.05, 3.63) is 136 Å². The van der Waals surface area contributed by atoms with Crippen molar-refractivity contribution < 1.29 is 24.3 Å². The molecule has 8 heteroatoms. The van der Waals surface area contributed by atoms with Crippen LogP contribution < -0.4 is 5.32 Å². The molecule has 0 radical (unpaired) electrons. The second-order valence-corrected chi connectivity index (χ2v) is 12.5. The predicted molar refractivity (Wildman–Crippen MR) is 175 cm³/mol. The molecule has 230 valence electrons. The lowest BCUT2D eigenvalue weighted by Gasteiger charge is -2.21. The van der Waals surface area contributed by atoms with Crippen molar-refractivity contribution in [1.29, 1.82) is 0 Å². The van der Waals surface area contributed by atoms with Gasteiger partial charge in [0.2, 0.25) is 0 Å². The Balaban J connectivity index is 1.42. The van der Waals surface area contributed by atoms with Gasteiger partial charge in [-0.3, -0.25) is 4.79 Å². The summed E-state index contributed by atoms with van der Waals surface area (Å²) in [5, 5.41) is 26.0. The summed E-state index contributed by atoms with van der Waals surface area (Å²) in [4.78, 5) is 23.3. The molecule has 0 spiro atoms. The molecular weight excluding hydrogens is 588 g/mol. The van der Waals surface area contributed by atoms with Gasteiger partial charge in [0.05, 0.1) is 12.2 Å². The van der Waals surface area contributed by atoms with Crippen molar-refractivity contribution in [1.82, 2.24) is 10.5 Å². The average Bonchev–Trinajstić information content (AvgIpc) is 3.53. The Morgan fingerprint density at radius 2 is 1.53 bits per heavy atom. The number of benzene rings is 4. The van der Waals surface area contributed by atoms with Gasteiger partial charge in [-0.05, 0) is 70.0 Å². The van der Waals surface area contributed by atoms with Gasteiger partial charge in [-0.1, -0.05) is 104 Å². The van der Waals surface area contributed by atoms with Gasteiger partial charge in [-0.25, -0.2) is 4.79 Å². The topological polar surface area (TPSA) is 113 Å². The molecule has 45 heavy (non-hydrogen) atoms. The maximum absolute atomic E-state index is 12.5. The molecular formula is C37H35ClN2O5. The van der Waals surface area contributed by atoms with Gasteiger partial charge in [0, 0.05) is 28.1 Å². The van der Waals surface area contributed by atoms with Crippen LogP contribution in [0.15, 0.2) is 108 Å². The van der Waals surface area contributed by atoms with Crippen LogP contribution in [-0.2, 0) is 16.6 Å². The number of aromatic nitrogens is 1. The molecule has 3 N–H and O–H groups in total. The van der Waals surface area contributed by atoms with Gasteiger partial charge in [-0.15, -0.1) is 0 Å². The van der Waals surface area contributed by atoms with E-state index in [0.29, 0.717) is 22.8 Å². The second kappa shape index (κ2) is 13.5. The molecule has 0 saturated carbocycles. The minimum absolute atomic E-state index is 0.0150. The number of aliphatic hydroxyl groups excluding tert-OH is 1. The number of nitrogens with one attached hydrogen (secondary N) is 1. The Kier molecular flexibility index (Phi) is 9.51. The second-order valence-electron chi connectivity index (χ2n) is 12.1. The Labute approximate surface area is 267 Å². The largest absolute Gasteiger partial charge is 0.479 e. The Morgan fingerprint density at radius 3 is 2.18 bits per heavy atom. The normalized spacial score (nSPS) is 12.8. The summed E-state index contributed by atoms with van der Waals surface area (Å²) in [5.74, 6) is -1.32. The molecule has 2 atom stereocenters. The van der Waals surface area contributed by atoms with Crippen molar-refractivity contribution in [3.63, 3.8) is 0 Å². The van der Waals surface area contributed by atoms with Crippen LogP contribution in [0.2, 0.25) is 5.02 Å². The minimum atomic E-state index is -1.66. The summed E-state index contributed by atoms with van der Waals surface area (Å²) in [5.41, 5.74) is 7.46. The molecule has 1 amide bonds. The molecule has 0 aliphatic carbocycles. The van der Waals surface area contributed by atoms with Crippen molar-refractivity contribution in [2.75, 3.05) is 6.54 Å². The number of hydrogen-bond donors (Lipinski definition) is 3. The number of carboxylic acids is 1. The molecule has 1 heterocycles. The summed E-state index contributed by atoms with van der Waals surface area (Å²) in [6.07, 6.45) is -1.06. The summed E-state index contributed by atoms with van der Waals surface area (Å²) in [7, 11) is 0. The highest BCUT2D eigenvalue weighted by molar-refractivity contribution is 6.30. The highest BCUT2D eigenvalue weighted by atomic mass is 35.5. The Bertz CT molecular complexity index is 1770. The third kappa shape index (κ3) is 7.87. The van der Waals surface area contributed by atoms with E-state index in [2.05, 4.69) is 61.6 Å². The molecule has 0 fully saturated rings. The average molecular weight is 623 g/mol. The van der Waals surface area contributed by atoms with Gasteiger partial charge in [0.15, 0.2) is 11.9 Å². The lowest BCUT2D eigenvalue weighted by Crippen LogP contribution is -2.36. The van der Waals surface area contributed by atoms with Gasteiger partial charge in [-0.2, -0.15) is 0 Å². The number of halogens is 1. The van der Waals surface area contributed by atoms with Gasteiger partial charge >= 0.3 is 5.97 Å². The third-order valence-electron chi connectivity index (χ3n) is 7.79. The van der Waals surface area contributed by atoms with E-state index in [1.807, 2.05) is 60.7 Å². The molecule has 0 bridgehead atoms. The quantitative estimate of drug-likeness (QED) is 0.149. The minimum Gasteiger partial charge on any atom is -0.479 e. The molecule has 0 aliphatic rings. The molecule has 5 aromatic rings. The van der Waals surface area contributed by atoms with Gasteiger partial charge in [0.1, 0.15) is 0 Å². The van der Waals surface area contributed by atoms with Crippen LogP contribution in [0.1, 0.15) is 59.4 Å². The van der Waals surface area contributed by atoms with Crippen LogP contribution in [-0.4, -0.2) is 39.9 Å². The van der Waals surface area contributed by atoms with Gasteiger partial charge in [0.25, 0.3) is 5.91 Å². The van der Waals surface area contributed by atoms with E-state index in [4.69, 9.17) is 21.2 Å². The maximum Gasteiger partial charge on any atom is 0.334 e. The standard InChI is InChI=1S/C37H35ClN2O5/c1-37(2,3)29-15-11-25(12-16-29)31(19-23-7-9-26(10-8-23)35(42)39-22-33(41)36(43)44)32-21-34(45-40-32)28-6-4-5-27(20-28)24-13-17-30(38)18-14-24/h4-18,20-21,31,33,41H,19,22H2,1-3H3,(H,39,42)(H,43,44). The molecule has 1 aromatic heterocycles. The summed E-state index contributed by atoms with van der Waals surface area (Å²) >= 11 is 6.08. The van der Waals surface area contributed by atoms with E-state index in [0.717, 1.165) is 33.5 Å². The molecule has 0 aliphatic heterocycles. The van der Waals surface area contributed by atoms with Crippen molar-refractivity contribution in [2.24, 2.45) is 0 Å². The molecule has 2 unspecified atom stereocenters. The summed E-state index contributed by atoms with van der Waals surface area (Å²) in [6.45, 7) is 6.17.